The molecule has 2 aromatic carbocycles. The second kappa shape index (κ2) is 9.28. The van der Waals surface area contributed by atoms with Gasteiger partial charge in [0.05, 0.1) is 16.8 Å². The summed E-state index contributed by atoms with van der Waals surface area (Å²) >= 11 is 1.40. The van der Waals surface area contributed by atoms with Crippen molar-refractivity contribution in [2.24, 2.45) is 4.99 Å². The van der Waals surface area contributed by atoms with Crippen LogP contribution in [-0.2, 0) is 27.3 Å². The van der Waals surface area contributed by atoms with E-state index in [4.69, 9.17) is 4.74 Å². The van der Waals surface area contributed by atoms with E-state index in [1.807, 2.05) is 42.5 Å². The first kappa shape index (κ1) is 19.8. The van der Waals surface area contributed by atoms with Crippen molar-refractivity contribution in [2.75, 3.05) is 6.61 Å². The van der Waals surface area contributed by atoms with Crippen LogP contribution >= 0.6 is 11.3 Å². The number of rotatable bonds is 6. The number of hydrogen-bond donors (Lipinski definition) is 0. The van der Waals surface area contributed by atoms with Crippen LogP contribution in [0.3, 0.4) is 0 Å². The standard InChI is InChI=1S/C22H22N2O3S/c1-3-16-10-12-18-19(14-16)28-22(24(18)15-21(26)27-4-2)23-20(25)13-11-17-8-6-5-7-9-17/h5-14H,3-4,15H2,1-2H3/b13-11+,23-22?. The number of carbonyl (C=O) groups is 2. The van der Waals surface area contributed by atoms with Crippen molar-refractivity contribution in [1.82, 2.24) is 4.57 Å². The van der Waals surface area contributed by atoms with Gasteiger partial charge in [0.1, 0.15) is 6.54 Å². The molecule has 5 nitrogen and oxygen atoms in total. The molecule has 0 radical (unpaired) electrons. The predicted molar refractivity (Wildman–Crippen MR) is 112 cm³/mol. The summed E-state index contributed by atoms with van der Waals surface area (Å²) in [4.78, 5) is 29.1. The summed E-state index contributed by atoms with van der Waals surface area (Å²) in [6.07, 6.45) is 4.08. The lowest BCUT2D eigenvalue weighted by Crippen LogP contribution is -2.22. The highest BCUT2D eigenvalue weighted by Crippen LogP contribution is 2.20. The van der Waals surface area contributed by atoms with E-state index in [1.54, 1.807) is 17.6 Å². The van der Waals surface area contributed by atoms with Gasteiger partial charge in [-0.05, 0) is 42.7 Å². The zero-order chi connectivity index (χ0) is 19.9. The van der Waals surface area contributed by atoms with Crippen LogP contribution < -0.4 is 4.80 Å². The van der Waals surface area contributed by atoms with Crippen LogP contribution in [0.25, 0.3) is 16.3 Å². The third-order valence-corrected chi connectivity index (χ3v) is 5.21. The molecule has 0 N–H and O–H groups in total. The third-order valence-electron chi connectivity index (χ3n) is 4.17. The van der Waals surface area contributed by atoms with E-state index >= 15 is 0 Å². The fourth-order valence-corrected chi connectivity index (χ4v) is 3.87. The minimum atomic E-state index is -0.372. The monoisotopic (exact) mass is 394 g/mol. The summed E-state index contributed by atoms with van der Waals surface area (Å²) in [6, 6.07) is 15.6. The molecule has 0 saturated heterocycles. The zero-order valence-corrected chi connectivity index (χ0v) is 16.7. The van der Waals surface area contributed by atoms with Crippen LogP contribution in [-0.4, -0.2) is 23.1 Å². The number of ether oxygens (including phenoxy) is 1. The predicted octanol–water partition coefficient (Wildman–Crippen LogP) is 3.97. The van der Waals surface area contributed by atoms with Gasteiger partial charge in [-0.2, -0.15) is 4.99 Å². The molecule has 0 spiro atoms. The van der Waals surface area contributed by atoms with Gasteiger partial charge in [-0.1, -0.05) is 54.7 Å². The summed E-state index contributed by atoms with van der Waals surface area (Å²) < 4.78 is 7.81. The Morgan fingerprint density at radius 3 is 2.64 bits per heavy atom. The van der Waals surface area contributed by atoms with E-state index in [2.05, 4.69) is 18.0 Å². The Morgan fingerprint density at radius 2 is 1.93 bits per heavy atom. The average molecular weight is 394 g/mol. The van der Waals surface area contributed by atoms with Gasteiger partial charge in [-0.25, -0.2) is 0 Å². The number of esters is 1. The van der Waals surface area contributed by atoms with Gasteiger partial charge in [0.2, 0.25) is 0 Å². The van der Waals surface area contributed by atoms with E-state index in [-0.39, 0.29) is 18.4 Å². The van der Waals surface area contributed by atoms with Gasteiger partial charge in [-0.3, -0.25) is 9.59 Å². The number of aryl methyl sites for hydroxylation is 1. The molecule has 3 rings (SSSR count). The van der Waals surface area contributed by atoms with Crippen LogP contribution in [0.1, 0.15) is 25.0 Å². The molecule has 0 aliphatic carbocycles. The second-order valence-corrected chi connectivity index (χ2v) is 7.13. The summed E-state index contributed by atoms with van der Waals surface area (Å²) in [5, 5.41) is 0. The maximum atomic E-state index is 12.4. The molecule has 0 fully saturated rings. The first-order chi connectivity index (χ1) is 13.6. The van der Waals surface area contributed by atoms with Crippen LogP contribution in [0.2, 0.25) is 0 Å². The summed E-state index contributed by atoms with van der Waals surface area (Å²) in [5.41, 5.74) is 2.99. The lowest BCUT2D eigenvalue weighted by Gasteiger charge is -2.05. The molecule has 0 unspecified atom stereocenters. The van der Waals surface area contributed by atoms with Gasteiger partial charge in [-0.15, -0.1) is 0 Å². The number of benzene rings is 2. The van der Waals surface area contributed by atoms with E-state index < -0.39 is 0 Å². The van der Waals surface area contributed by atoms with Crippen molar-refractivity contribution in [2.45, 2.75) is 26.8 Å². The lowest BCUT2D eigenvalue weighted by atomic mass is 10.2. The van der Waals surface area contributed by atoms with E-state index in [1.165, 1.54) is 23.0 Å². The molecule has 0 bridgehead atoms. The van der Waals surface area contributed by atoms with E-state index in [0.29, 0.717) is 11.4 Å². The molecule has 0 saturated carbocycles. The van der Waals surface area contributed by atoms with Gasteiger partial charge in [0.15, 0.2) is 4.80 Å². The molecule has 0 aliphatic heterocycles. The molecule has 6 heteroatoms. The summed E-state index contributed by atoms with van der Waals surface area (Å²) in [7, 11) is 0. The van der Waals surface area contributed by atoms with Gasteiger partial charge in [0.25, 0.3) is 5.91 Å². The maximum Gasteiger partial charge on any atom is 0.326 e. The summed E-state index contributed by atoms with van der Waals surface area (Å²) in [5.74, 6) is -0.723. The largest absolute Gasteiger partial charge is 0.465 e. The molecule has 0 aliphatic rings. The fourth-order valence-electron chi connectivity index (χ4n) is 2.77. The molecule has 28 heavy (non-hydrogen) atoms. The Labute approximate surface area is 167 Å². The van der Waals surface area contributed by atoms with Crippen LogP contribution in [0, 0.1) is 0 Å². The van der Waals surface area contributed by atoms with Crippen molar-refractivity contribution in [3.8, 4) is 0 Å². The Balaban J connectivity index is 1.99. The van der Waals surface area contributed by atoms with Crippen LogP contribution in [0.15, 0.2) is 59.6 Å². The highest BCUT2D eigenvalue weighted by atomic mass is 32.1. The van der Waals surface area contributed by atoms with Gasteiger partial charge < -0.3 is 9.30 Å². The SMILES string of the molecule is CCOC(=O)Cn1c(=NC(=O)/C=C/c2ccccc2)sc2cc(CC)ccc21. The van der Waals surface area contributed by atoms with Crippen molar-refractivity contribution in [3.63, 3.8) is 0 Å². The van der Waals surface area contributed by atoms with Crippen LogP contribution in [0.4, 0.5) is 0 Å². The molecule has 1 amide bonds. The maximum absolute atomic E-state index is 12.4. The molecule has 1 heterocycles. The second-order valence-electron chi connectivity index (χ2n) is 6.13. The van der Waals surface area contributed by atoms with E-state index in [0.717, 1.165) is 22.2 Å². The molecule has 0 atom stereocenters. The van der Waals surface area contributed by atoms with Crippen LogP contribution in [0.5, 0.6) is 0 Å². The van der Waals surface area contributed by atoms with Crippen molar-refractivity contribution < 1.29 is 14.3 Å². The Hall–Kier alpha value is -2.99. The van der Waals surface area contributed by atoms with Gasteiger partial charge >= 0.3 is 5.97 Å². The Kier molecular flexibility index (Phi) is 6.55. The summed E-state index contributed by atoms with van der Waals surface area (Å²) in [6.45, 7) is 4.19. The quantitative estimate of drug-likeness (QED) is 0.469. The number of hydrogen-bond acceptors (Lipinski definition) is 4. The van der Waals surface area contributed by atoms with Crippen molar-refractivity contribution >= 4 is 39.5 Å². The highest BCUT2D eigenvalue weighted by molar-refractivity contribution is 7.16. The normalized spacial score (nSPS) is 12.0. The first-order valence-electron chi connectivity index (χ1n) is 9.20. The molecule has 1 aromatic heterocycles. The number of amides is 1. The van der Waals surface area contributed by atoms with Crippen molar-refractivity contribution in [1.29, 1.82) is 0 Å². The third kappa shape index (κ3) is 4.84. The molecular weight excluding hydrogens is 372 g/mol. The fraction of sp³-hybridized carbons (Fsp3) is 0.227. The van der Waals surface area contributed by atoms with Gasteiger partial charge in [0, 0.05) is 6.08 Å². The molecular formula is C22H22N2O3S. The average Bonchev–Trinajstić information content (AvgIpc) is 3.03. The minimum Gasteiger partial charge on any atom is -0.465 e. The Bertz CT molecular complexity index is 1080. The molecule has 144 valence electrons. The topological polar surface area (TPSA) is 60.7 Å². The first-order valence-corrected chi connectivity index (χ1v) is 10.0. The lowest BCUT2D eigenvalue weighted by molar-refractivity contribution is -0.143. The number of thiazole rings is 1. The zero-order valence-electron chi connectivity index (χ0n) is 15.9. The number of nitrogens with zero attached hydrogens (tertiary/aromatic N) is 2. The smallest absolute Gasteiger partial charge is 0.326 e. The number of carbonyl (C=O) groups excluding carboxylic acids is 2. The Morgan fingerprint density at radius 1 is 1.14 bits per heavy atom. The minimum absolute atomic E-state index is 0.0217. The number of fused-ring (bicyclic) bond motifs is 1. The van der Waals surface area contributed by atoms with E-state index in [9.17, 15) is 9.59 Å². The molecule has 3 aromatic rings. The number of aromatic nitrogens is 1. The van der Waals surface area contributed by atoms with Crippen molar-refractivity contribution in [3.05, 3.63) is 70.5 Å². The highest BCUT2D eigenvalue weighted by Gasteiger charge is 2.12.